The Balaban J connectivity index is 1.86. The van der Waals surface area contributed by atoms with Crippen LogP contribution in [0.25, 0.3) is 15.9 Å². The van der Waals surface area contributed by atoms with Crippen molar-refractivity contribution in [2.75, 3.05) is 11.9 Å². The molecule has 0 fully saturated rings. The van der Waals surface area contributed by atoms with Crippen molar-refractivity contribution in [3.05, 3.63) is 91.9 Å². The number of hydrogen-bond donors (Lipinski definition) is 0. The Morgan fingerprint density at radius 3 is 2.33 bits per heavy atom. The first-order chi connectivity index (χ1) is 14.4. The van der Waals surface area contributed by atoms with Gasteiger partial charge in [0.15, 0.2) is 0 Å². The van der Waals surface area contributed by atoms with E-state index >= 15 is 0 Å². The highest BCUT2D eigenvalue weighted by atomic mass is 32.1. The van der Waals surface area contributed by atoms with Crippen LogP contribution in [-0.2, 0) is 11.3 Å². The van der Waals surface area contributed by atoms with Gasteiger partial charge >= 0.3 is 5.69 Å². The van der Waals surface area contributed by atoms with Crippen LogP contribution in [0.2, 0.25) is 0 Å². The molecule has 0 aliphatic carbocycles. The lowest BCUT2D eigenvalue weighted by atomic mass is 10.1. The van der Waals surface area contributed by atoms with E-state index in [-0.39, 0.29) is 18.0 Å². The molecular formula is C23H21N3O3S. The predicted octanol–water partition coefficient (Wildman–Crippen LogP) is 3.49. The van der Waals surface area contributed by atoms with E-state index in [1.54, 1.807) is 30.6 Å². The van der Waals surface area contributed by atoms with Gasteiger partial charge in [-0.2, -0.15) is 0 Å². The van der Waals surface area contributed by atoms with Crippen LogP contribution in [0.1, 0.15) is 11.1 Å². The molecule has 7 heteroatoms. The summed E-state index contributed by atoms with van der Waals surface area (Å²) in [6.45, 7) is 3.67. The molecule has 0 saturated carbocycles. The second-order valence-corrected chi connectivity index (χ2v) is 8.19. The SMILES string of the molecule is Cc1cc(C)cc(-n2c(=O)c3sccc3n(CC(=O)N(C)c3ccccc3)c2=O)c1. The fraction of sp³-hybridized carbons (Fsp3) is 0.174. The molecule has 0 unspecified atom stereocenters. The molecule has 1 amide bonds. The van der Waals surface area contributed by atoms with Gasteiger partial charge in [0.2, 0.25) is 5.91 Å². The summed E-state index contributed by atoms with van der Waals surface area (Å²) in [5.74, 6) is -0.249. The summed E-state index contributed by atoms with van der Waals surface area (Å²) in [5.41, 5.74) is 2.74. The predicted molar refractivity (Wildman–Crippen MR) is 121 cm³/mol. The first-order valence-corrected chi connectivity index (χ1v) is 10.4. The first-order valence-electron chi connectivity index (χ1n) is 9.50. The highest BCUT2D eigenvalue weighted by Crippen LogP contribution is 2.18. The van der Waals surface area contributed by atoms with Crippen molar-refractivity contribution in [2.45, 2.75) is 20.4 Å². The van der Waals surface area contributed by atoms with E-state index in [1.807, 2.05) is 50.2 Å². The van der Waals surface area contributed by atoms with Gasteiger partial charge in [-0.15, -0.1) is 11.3 Å². The Morgan fingerprint density at radius 1 is 1.00 bits per heavy atom. The molecule has 30 heavy (non-hydrogen) atoms. The molecule has 0 atom stereocenters. The molecule has 2 aromatic heterocycles. The summed E-state index contributed by atoms with van der Waals surface area (Å²) in [6.07, 6.45) is 0. The fourth-order valence-electron chi connectivity index (χ4n) is 3.58. The van der Waals surface area contributed by atoms with Crippen molar-refractivity contribution < 1.29 is 4.79 Å². The summed E-state index contributed by atoms with van der Waals surface area (Å²) in [7, 11) is 1.67. The average Bonchev–Trinajstić information content (AvgIpc) is 3.20. The third kappa shape index (κ3) is 3.48. The minimum absolute atomic E-state index is 0.164. The van der Waals surface area contributed by atoms with Crippen LogP contribution >= 0.6 is 11.3 Å². The minimum Gasteiger partial charge on any atom is -0.314 e. The van der Waals surface area contributed by atoms with Crippen LogP contribution in [0.4, 0.5) is 5.69 Å². The molecular weight excluding hydrogens is 398 g/mol. The smallest absolute Gasteiger partial charge is 0.314 e. The van der Waals surface area contributed by atoms with Gasteiger partial charge in [0.25, 0.3) is 5.56 Å². The molecule has 0 spiro atoms. The number of nitrogens with zero attached hydrogens (tertiary/aromatic N) is 3. The third-order valence-electron chi connectivity index (χ3n) is 5.03. The fourth-order valence-corrected chi connectivity index (χ4v) is 4.41. The number of amides is 1. The Bertz CT molecular complexity index is 1350. The number of thiophene rings is 1. The lowest BCUT2D eigenvalue weighted by Crippen LogP contribution is -2.41. The van der Waals surface area contributed by atoms with Gasteiger partial charge in [-0.3, -0.25) is 14.2 Å². The van der Waals surface area contributed by atoms with E-state index in [0.29, 0.717) is 15.9 Å². The van der Waals surface area contributed by atoms with E-state index in [4.69, 9.17) is 0 Å². The summed E-state index contributed by atoms with van der Waals surface area (Å²) in [4.78, 5) is 40.9. The average molecular weight is 420 g/mol. The second-order valence-electron chi connectivity index (χ2n) is 7.28. The quantitative estimate of drug-likeness (QED) is 0.509. The molecule has 6 nitrogen and oxygen atoms in total. The summed E-state index contributed by atoms with van der Waals surface area (Å²) >= 11 is 1.27. The molecule has 4 rings (SSSR count). The van der Waals surface area contributed by atoms with E-state index in [9.17, 15) is 14.4 Å². The number of carbonyl (C=O) groups excluding carboxylic acids is 1. The van der Waals surface area contributed by atoms with Crippen LogP contribution in [0, 0.1) is 13.8 Å². The largest absolute Gasteiger partial charge is 0.336 e. The Kier molecular flexibility index (Phi) is 5.13. The van der Waals surface area contributed by atoms with Gasteiger partial charge in [0, 0.05) is 12.7 Å². The van der Waals surface area contributed by atoms with Crippen LogP contribution < -0.4 is 16.1 Å². The molecule has 0 radical (unpaired) electrons. The maximum atomic E-state index is 13.4. The van der Waals surface area contributed by atoms with Gasteiger partial charge in [-0.05, 0) is 60.7 Å². The van der Waals surface area contributed by atoms with Gasteiger partial charge < -0.3 is 4.90 Å². The standard InChI is InChI=1S/C23H21N3O3S/c1-15-11-16(2)13-18(12-15)26-22(28)21-19(9-10-30-21)25(23(26)29)14-20(27)24(3)17-7-5-4-6-8-17/h4-13H,14H2,1-3H3. The number of carbonyl (C=O) groups is 1. The molecule has 0 aliphatic rings. The highest BCUT2D eigenvalue weighted by molar-refractivity contribution is 7.17. The number of aryl methyl sites for hydroxylation is 2. The summed E-state index contributed by atoms with van der Waals surface area (Å²) in [5, 5.41) is 1.76. The Hall–Kier alpha value is -3.45. The monoisotopic (exact) mass is 419 g/mol. The van der Waals surface area contributed by atoms with Gasteiger partial charge in [0.1, 0.15) is 11.2 Å². The zero-order chi connectivity index (χ0) is 21.4. The molecule has 4 aromatic rings. The molecule has 0 N–H and O–H groups in total. The van der Waals surface area contributed by atoms with Crippen molar-refractivity contribution in [1.29, 1.82) is 0 Å². The number of para-hydroxylation sites is 1. The van der Waals surface area contributed by atoms with Gasteiger partial charge in [0.05, 0.1) is 11.2 Å². The van der Waals surface area contributed by atoms with Crippen molar-refractivity contribution in [3.8, 4) is 5.69 Å². The maximum absolute atomic E-state index is 13.4. The number of anilines is 1. The first kappa shape index (κ1) is 19.8. The topological polar surface area (TPSA) is 64.3 Å². The molecule has 0 bridgehead atoms. The van der Waals surface area contributed by atoms with Crippen molar-refractivity contribution in [3.63, 3.8) is 0 Å². The van der Waals surface area contributed by atoms with Crippen molar-refractivity contribution in [1.82, 2.24) is 9.13 Å². The summed E-state index contributed by atoms with van der Waals surface area (Å²) < 4.78 is 2.99. The Labute approximate surface area is 177 Å². The second kappa shape index (κ2) is 7.76. The lowest BCUT2D eigenvalue weighted by Gasteiger charge is -2.19. The normalized spacial score (nSPS) is 11.0. The number of fused-ring (bicyclic) bond motifs is 1. The van der Waals surface area contributed by atoms with Crippen LogP contribution in [-0.4, -0.2) is 22.1 Å². The molecule has 0 saturated heterocycles. The minimum atomic E-state index is -0.522. The van der Waals surface area contributed by atoms with Crippen molar-refractivity contribution >= 4 is 33.1 Å². The maximum Gasteiger partial charge on any atom is 0.336 e. The zero-order valence-corrected chi connectivity index (χ0v) is 17.8. The summed E-state index contributed by atoms with van der Waals surface area (Å²) in [6, 6.07) is 16.5. The lowest BCUT2D eigenvalue weighted by molar-refractivity contribution is -0.118. The molecule has 2 aromatic carbocycles. The van der Waals surface area contributed by atoms with Crippen LogP contribution in [0.5, 0.6) is 0 Å². The number of rotatable bonds is 4. The Morgan fingerprint density at radius 2 is 1.67 bits per heavy atom. The van der Waals surface area contributed by atoms with Crippen molar-refractivity contribution in [2.24, 2.45) is 0 Å². The number of benzene rings is 2. The van der Waals surface area contributed by atoms with E-state index in [2.05, 4.69) is 0 Å². The number of hydrogen-bond acceptors (Lipinski definition) is 4. The van der Waals surface area contributed by atoms with Crippen LogP contribution in [0.3, 0.4) is 0 Å². The molecule has 152 valence electrons. The highest BCUT2D eigenvalue weighted by Gasteiger charge is 2.19. The van der Waals surface area contributed by atoms with Gasteiger partial charge in [-0.25, -0.2) is 9.36 Å². The van der Waals surface area contributed by atoms with E-state index in [0.717, 1.165) is 21.4 Å². The molecule has 0 aliphatic heterocycles. The number of aromatic nitrogens is 2. The van der Waals surface area contributed by atoms with E-state index < -0.39 is 5.69 Å². The molecule has 2 heterocycles. The number of likely N-dealkylation sites (N-methyl/N-ethyl adjacent to an activating group) is 1. The van der Waals surface area contributed by atoms with E-state index in [1.165, 1.54) is 20.8 Å². The van der Waals surface area contributed by atoms with Gasteiger partial charge in [-0.1, -0.05) is 24.3 Å². The zero-order valence-electron chi connectivity index (χ0n) is 17.0. The van der Waals surface area contributed by atoms with Crippen LogP contribution in [0.15, 0.2) is 69.6 Å². The third-order valence-corrected chi connectivity index (χ3v) is 5.92.